The lowest BCUT2D eigenvalue weighted by Gasteiger charge is -2.17. The van der Waals surface area contributed by atoms with E-state index in [1.54, 1.807) is 17.0 Å². The number of sulfonamides is 1. The van der Waals surface area contributed by atoms with E-state index in [1.807, 2.05) is 30.3 Å². The van der Waals surface area contributed by atoms with Gasteiger partial charge in [-0.3, -0.25) is 4.79 Å². The molecule has 1 atom stereocenters. The summed E-state index contributed by atoms with van der Waals surface area (Å²) in [5, 5.41) is 0.179. The Morgan fingerprint density at radius 1 is 1.08 bits per heavy atom. The van der Waals surface area contributed by atoms with Gasteiger partial charge in [0.05, 0.1) is 5.02 Å². The van der Waals surface area contributed by atoms with E-state index >= 15 is 0 Å². The number of hydrogen-bond donors (Lipinski definition) is 1. The van der Waals surface area contributed by atoms with Crippen LogP contribution in [0.15, 0.2) is 59.5 Å². The fourth-order valence-corrected chi connectivity index (χ4v) is 4.38. The van der Waals surface area contributed by atoms with E-state index in [2.05, 4.69) is 4.72 Å². The maximum Gasteiger partial charge on any atom is 0.242 e. The first-order valence-corrected chi connectivity index (χ1v) is 9.43. The monoisotopic (exact) mass is 364 g/mol. The number of halogens is 1. The third kappa shape index (κ3) is 3.61. The number of nitrogens with one attached hydrogen (secondary N) is 1. The molecule has 1 aliphatic heterocycles. The van der Waals surface area contributed by atoms with Crippen LogP contribution in [0.25, 0.3) is 0 Å². The van der Waals surface area contributed by atoms with Crippen molar-refractivity contribution in [2.75, 3.05) is 18.0 Å². The lowest BCUT2D eigenvalue weighted by atomic mass is 10.1. The topological polar surface area (TPSA) is 66.5 Å². The van der Waals surface area contributed by atoms with Crippen molar-refractivity contribution in [3.05, 3.63) is 59.6 Å². The van der Waals surface area contributed by atoms with Crippen molar-refractivity contribution in [2.45, 2.75) is 11.3 Å². The fraction of sp³-hybridized carbons (Fsp3) is 0.235. The highest BCUT2D eigenvalue weighted by Crippen LogP contribution is 2.25. The molecule has 2 aromatic rings. The Morgan fingerprint density at radius 3 is 2.46 bits per heavy atom. The molecular weight excluding hydrogens is 348 g/mol. The minimum atomic E-state index is -3.69. The SMILES string of the molecule is O=C1CC(CNS(=O)(=O)c2ccccc2Cl)CN1c1ccccc1. The highest BCUT2D eigenvalue weighted by molar-refractivity contribution is 7.89. The van der Waals surface area contributed by atoms with Crippen LogP contribution in [0.1, 0.15) is 6.42 Å². The molecule has 0 radical (unpaired) electrons. The average molecular weight is 365 g/mol. The second kappa shape index (κ2) is 6.93. The van der Waals surface area contributed by atoms with Crippen LogP contribution in [0.4, 0.5) is 5.69 Å². The van der Waals surface area contributed by atoms with Gasteiger partial charge in [-0.05, 0) is 30.2 Å². The zero-order valence-electron chi connectivity index (χ0n) is 12.9. The summed E-state index contributed by atoms with van der Waals surface area (Å²) >= 11 is 5.95. The van der Waals surface area contributed by atoms with Gasteiger partial charge in [-0.2, -0.15) is 0 Å². The quantitative estimate of drug-likeness (QED) is 0.887. The number of rotatable bonds is 5. The first-order valence-electron chi connectivity index (χ1n) is 7.57. The first-order chi connectivity index (χ1) is 11.5. The minimum Gasteiger partial charge on any atom is -0.312 e. The molecule has 24 heavy (non-hydrogen) atoms. The van der Waals surface area contributed by atoms with Gasteiger partial charge in [0.25, 0.3) is 0 Å². The molecule has 5 nitrogen and oxygen atoms in total. The number of carbonyl (C=O) groups is 1. The van der Waals surface area contributed by atoms with Crippen LogP contribution in [0.5, 0.6) is 0 Å². The number of nitrogens with zero attached hydrogens (tertiary/aromatic N) is 1. The summed E-state index contributed by atoms with van der Waals surface area (Å²) in [5.74, 6) is -0.0712. The Balaban J connectivity index is 1.66. The highest BCUT2D eigenvalue weighted by Gasteiger charge is 2.31. The smallest absolute Gasteiger partial charge is 0.242 e. The molecule has 0 spiro atoms. The van der Waals surface area contributed by atoms with Crippen molar-refractivity contribution < 1.29 is 13.2 Å². The Bertz CT molecular complexity index is 840. The molecule has 3 rings (SSSR count). The summed E-state index contributed by atoms with van der Waals surface area (Å²) in [6, 6.07) is 15.7. The molecule has 1 amide bonds. The summed E-state index contributed by atoms with van der Waals surface area (Å²) in [6.45, 7) is 0.691. The molecule has 0 aliphatic carbocycles. The molecule has 126 valence electrons. The van der Waals surface area contributed by atoms with Crippen LogP contribution >= 0.6 is 11.6 Å². The summed E-state index contributed by atoms with van der Waals surface area (Å²) in [7, 11) is -3.69. The maximum absolute atomic E-state index is 12.3. The van der Waals surface area contributed by atoms with Gasteiger partial charge >= 0.3 is 0 Å². The van der Waals surface area contributed by atoms with E-state index in [-0.39, 0.29) is 28.3 Å². The third-order valence-corrected chi connectivity index (χ3v) is 5.88. The van der Waals surface area contributed by atoms with Gasteiger partial charge in [0.1, 0.15) is 4.90 Å². The third-order valence-electron chi connectivity index (χ3n) is 3.96. The van der Waals surface area contributed by atoms with Crippen LogP contribution in [0, 0.1) is 5.92 Å². The van der Waals surface area contributed by atoms with E-state index in [0.29, 0.717) is 13.0 Å². The molecule has 1 unspecified atom stereocenters. The largest absolute Gasteiger partial charge is 0.312 e. The minimum absolute atomic E-state index is 0.00291. The number of para-hydroxylation sites is 1. The normalized spacial score (nSPS) is 18.1. The zero-order valence-corrected chi connectivity index (χ0v) is 14.4. The summed E-state index contributed by atoms with van der Waals surface area (Å²) in [5.41, 5.74) is 0.832. The number of benzene rings is 2. The molecule has 0 saturated carbocycles. The molecule has 2 aromatic carbocycles. The molecule has 0 bridgehead atoms. The van der Waals surface area contributed by atoms with Crippen LogP contribution in [0.3, 0.4) is 0 Å². The fourth-order valence-electron chi connectivity index (χ4n) is 2.74. The molecule has 1 fully saturated rings. The van der Waals surface area contributed by atoms with Gasteiger partial charge in [0.2, 0.25) is 15.9 Å². The highest BCUT2D eigenvalue weighted by atomic mass is 35.5. The Hall–Kier alpha value is -1.89. The maximum atomic E-state index is 12.3. The number of hydrogen-bond acceptors (Lipinski definition) is 3. The molecule has 0 aromatic heterocycles. The summed E-state index contributed by atoms with van der Waals surface area (Å²) in [6.07, 6.45) is 0.319. The lowest BCUT2D eigenvalue weighted by molar-refractivity contribution is -0.117. The van der Waals surface area contributed by atoms with E-state index in [1.165, 1.54) is 12.1 Å². The van der Waals surface area contributed by atoms with Crippen molar-refractivity contribution in [3.8, 4) is 0 Å². The van der Waals surface area contributed by atoms with Gasteiger partial charge in [0, 0.05) is 25.2 Å². The summed E-state index contributed by atoms with van der Waals surface area (Å²) in [4.78, 5) is 13.9. The Labute approximate surface area is 146 Å². The van der Waals surface area contributed by atoms with Crippen molar-refractivity contribution in [3.63, 3.8) is 0 Å². The number of anilines is 1. The van der Waals surface area contributed by atoms with Gasteiger partial charge in [-0.25, -0.2) is 13.1 Å². The van der Waals surface area contributed by atoms with Gasteiger partial charge in [-0.1, -0.05) is 41.9 Å². The van der Waals surface area contributed by atoms with Crippen LogP contribution in [0.2, 0.25) is 5.02 Å². The molecule has 1 heterocycles. The molecular formula is C17H17ClN2O3S. The average Bonchev–Trinajstić information content (AvgIpc) is 2.95. The van der Waals surface area contributed by atoms with E-state index in [9.17, 15) is 13.2 Å². The van der Waals surface area contributed by atoms with Gasteiger partial charge in [-0.15, -0.1) is 0 Å². The molecule has 1 aliphatic rings. The van der Waals surface area contributed by atoms with Crippen LogP contribution < -0.4 is 9.62 Å². The Morgan fingerprint density at radius 2 is 1.75 bits per heavy atom. The van der Waals surface area contributed by atoms with Crippen molar-refractivity contribution >= 4 is 33.2 Å². The van der Waals surface area contributed by atoms with Crippen molar-refractivity contribution in [1.29, 1.82) is 0 Å². The predicted octanol–water partition coefficient (Wildman–Crippen LogP) is 2.67. The van der Waals surface area contributed by atoms with Crippen molar-refractivity contribution in [1.82, 2.24) is 4.72 Å². The Kier molecular flexibility index (Phi) is 4.89. The second-order valence-electron chi connectivity index (χ2n) is 5.69. The molecule has 7 heteroatoms. The van der Waals surface area contributed by atoms with Crippen LogP contribution in [-0.2, 0) is 14.8 Å². The zero-order chi connectivity index (χ0) is 17.2. The summed E-state index contributed by atoms with van der Waals surface area (Å²) < 4.78 is 27.3. The van der Waals surface area contributed by atoms with E-state index in [0.717, 1.165) is 5.69 Å². The van der Waals surface area contributed by atoms with Gasteiger partial charge < -0.3 is 4.90 Å². The van der Waals surface area contributed by atoms with E-state index < -0.39 is 10.0 Å². The second-order valence-corrected chi connectivity index (χ2v) is 7.83. The lowest BCUT2D eigenvalue weighted by Crippen LogP contribution is -2.31. The van der Waals surface area contributed by atoms with Gasteiger partial charge in [0.15, 0.2) is 0 Å². The van der Waals surface area contributed by atoms with Crippen LogP contribution in [-0.4, -0.2) is 27.4 Å². The van der Waals surface area contributed by atoms with E-state index in [4.69, 9.17) is 11.6 Å². The first kappa shape index (κ1) is 17.0. The predicted molar refractivity (Wildman–Crippen MR) is 93.5 cm³/mol. The number of amides is 1. The van der Waals surface area contributed by atoms with Crippen molar-refractivity contribution in [2.24, 2.45) is 5.92 Å². The molecule has 1 N–H and O–H groups in total. The standard InChI is InChI=1S/C17H17ClN2O3S/c18-15-8-4-5-9-16(15)24(22,23)19-11-13-10-17(21)20(12-13)14-6-2-1-3-7-14/h1-9,13,19H,10-12H2. The molecule has 1 saturated heterocycles. The number of carbonyl (C=O) groups excluding carboxylic acids is 1.